The first kappa shape index (κ1) is 18.0. The molecule has 26 heavy (non-hydrogen) atoms. The van der Waals surface area contributed by atoms with Gasteiger partial charge in [0.15, 0.2) is 5.69 Å². The van der Waals surface area contributed by atoms with Crippen LogP contribution in [0.2, 0.25) is 0 Å². The fourth-order valence-corrected chi connectivity index (χ4v) is 3.10. The summed E-state index contributed by atoms with van der Waals surface area (Å²) in [5.74, 6) is 1.37. The van der Waals surface area contributed by atoms with Gasteiger partial charge in [-0.15, -0.1) is 0 Å². The molecule has 1 aromatic heterocycles. The highest BCUT2D eigenvalue weighted by atomic mass is 16.5. The van der Waals surface area contributed by atoms with Gasteiger partial charge in [0, 0.05) is 38.3 Å². The number of carboxylic acid groups (broad SMARTS) is 1. The van der Waals surface area contributed by atoms with Gasteiger partial charge in [-0.3, -0.25) is 4.90 Å². The van der Waals surface area contributed by atoms with Crippen LogP contribution in [0.5, 0.6) is 11.5 Å². The van der Waals surface area contributed by atoms with Crippen LogP contribution < -0.4 is 14.4 Å². The Labute approximate surface area is 152 Å². The third-order valence-electron chi connectivity index (χ3n) is 4.53. The van der Waals surface area contributed by atoms with Crippen LogP contribution in [0.3, 0.4) is 0 Å². The molecule has 1 saturated heterocycles. The van der Waals surface area contributed by atoms with Gasteiger partial charge >= 0.3 is 5.97 Å². The average Bonchev–Trinajstić information content (AvgIpc) is 2.68. The molecule has 2 aromatic rings. The molecule has 2 heterocycles. The van der Waals surface area contributed by atoms with Gasteiger partial charge in [-0.1, -0.05) is 6.07 Å². The van der Waals surface area contributed by atoms with Crippen molar-refractivity contribution in [3.05, 3.63) is 47.7 Å². The van der Waals surface area contributed by atoms with Crippen molar-refractivity contribution in [3.8, 4) is 11.5 Å². The first-order valence-electron chi connectivity index (χ1n) is 8.49. The van der Waals surface area contributed by atoms with Gasteiger partial charge < -0.3 is 19.5 Å². The number of hydrogen-bond acceptors (Lipinski definition) is 6. The van der Waals surface area contributed by atoms with Gasteiger partial charge in [0.1, 0.15) is 17.3 Å². The Morgan fingerprint density at radius 3 is 2.54 bits per heavy atom. The molecule has 1 aliphatic rings. The van der Waals surface area contributed by atoms with Crippen molar-refractivity contribution >= 4 is 11.8 Å². The first-order chi connectivity index (χ1) is 12.6. The molecule has 1 fully saturated rings. The quantitative estimate of drug-likeness (QED) is 0.849. The fraction of sp³-hybridized carbons (Fsp3) is 0.368. The number of methoxy groups -OCH3 is 2. The number of piperazine rings is 1. The minimum absolute atomic E-state index is 0.0750. The van der Waals surface area contributed by atoms with E-state index in [2.05, 4.69) is 14.8 Å². The number of anilines is 1. The van der Waals surface area contributed by atoms with Gasteiger partial charge in [-0.2, -0.15) is 0 Å². The fourth-order valence-electron chi connectivity index (χ4n) is 3.10. The SMILES string of the molecule is COc1ccc(OC)c(CN2CCN(c3cccc(C(=O)O)n3)CC2)c1. The molecule has 0 amide bonds. The van der Waals surface area contributed by atoms with Crippen LogP contribution in [0.4, 0.5) is 5.82 Å². The number of rotatable bonds is 6. The summed E-state index contributed by atoms with van der Waals surface area (Å²) in [7, 11) is 3.33. The molecule has 0 atom stereocenters. The van der Waals surface area contributed by atoms with Crippen molar-refractivity contribution in [2.24, 2.45) is 0 Å². The van der Waals surface area contributed by atoms with Crippen molar-refractivity contribution < 1.29 is 19.4 Å². The lowest BCUT2D eigenvalue weighted by atomic mass is 10.1. The molecule has 7 heteroatoms. The predicted molar refractivity (Wildman–Crippen MR) is 98.2 cm³/mol. The second-order valence-corrected chi connectivity index (χ2v) is 6.13. The molecule has 1 aromatic carbocycles. The number of aromatic nitrogens is 1. The maximum Gasteiger partial charge on any atom is 0.354 e. The van der Waals surface area contributed by atoms with Crippen molar-refractivity contribution in [2.75, 3.05) is 45.3 Å². The van der Waals surface area contributed by atoms with Crippen LogP contribution in [0.1, 0.15) is 16.1 Å². The molecule has 0 unspecified atom stereocenters. The minimum Gasteiger partial charge on any atom is -0.497 e. The van der Waals surface area contributed by atoms with Gasteiger partial charge in [0.2, 0.25) is 0 Å². The van der Waals surface area contributed by atoms with E-state index in [9.17, 15) is 4.79 Å². The maximum atomic E-state index is 11.1. The molecule has 1 N–H and O–H groups in total. The standard InChI is InChI=1S/C19H23N3O4/c1-25-15-6-7-17(26-2)14(12-15)13-21-8-10-22(11-9-21)18-5-3-4-16(20-18)19(23)24/h3-7,12H,8-11,13H2,1-2H3,(H,23,24). The number of carboxylic acids is 1. The lowest BCUT2D eigenvalue weighted by molar-refractivity contribution is 0.0690. The molecule has 0 bridgehead atoms. The largest absolute Gasteiger partial charge is 0.497 e. The molecule has 3 rings (SSSR count). The van der Waals surface area contributed by atoms with Crippen molar-refractivity contribution in [2.45, 2.75) is 6.54 Å². The molecule has 0 spiro atoms. The zero-order valence-electron chi connectivity index (χ0n) is 15.0. The van der Waals surface area contributed by atoms with E-state index in [0.29, 0.717) is 5.82 Å². The third-order valence-corrected chi connectivity index (χ3v) is 4.53. The Morgan fingerprint density at radius 1 is 1.12 bits per heavy atom. The smallest absolute Gasteiger partial charge is 0.354 e. The van der Waals surface area contributed by atoms with Crippen molar-refractivity contribution in [1.82, 2.24) is 9.88 Å². The van der Waals surface area contributed by atoms with E-state index in [1.165, 1.54) is 6.07 Å². The maximum absolute atomic E-state index is 11.1. The summed E-state index contributed by atoms with van der Waals surface area (Å²) >= 11 is 0. The van der Waals surface area contributed by atoms with Crippen molar-refractivity contribution in [1.29, 1.82) is 0 Å². The normalized spacial score (nSPS) is 14.9. The number of nitrogens with zero attached hydrogens (tertiary/aromatic N) is 3. The predicted octanol–water partition coefficient (Wildman–Crippen LogP) is 2.12. The molecule has 138 valence electrons. The number of carbonyl (C=O) groups is 1. The zero-order chi connectivity index (χ0) is 18.5. The molecule has 0 aliphatic carbocycles. The van der Waals surface area contributed by atoms with Crippen molar-refractivity contribution in [3.63, 3.8) is 0 Å². The molecule has 7 nitrogen and oxygen atoms in total. The minimum atomic E-state index is -1.00. The highest BCUT2D eigenvalue weighted by Crippen LogP contribution is 2.26. The van der Waals surface area contributed by atoms with E-state index in [1.807, 2.05) is 24.3 Å². The molecular weight excluding hydrogens is 334 g/mol. The highest BCUT2D eigenvalue weighted by molar-refractivity contribution is 5.85. The number of pyridine rings is 1. The zero-order valence-corrected chi connectivity index (χ0v) is 15.0. The highest BCUT2D eigenvalue weighted by Gasteiger charge is 2.20. The second kappa shape index (κ2) is 8.05. The summed E-state index contributed by atoms with van der Waals surface area (Å²) in [5, 5.41) is 9.09. The Hall–Kier alpha value is -2.80. The summed E-state index contributed by atoms with van der Waals surface area (Å²) in [6.45, 7) is 4.08. The second-order valence-electron chi connectivity index (χ2n) is 6.13. The van der Waals surface area contributed by atoms with Gasteiger partial charge in [0.25, 0.3) is 0 Å². The van der Waals surface area contributed by atoms with E-state index in [4.69, 9.17) is 14.6 Å². The van der Waals surface area contributed by atoms with Crippen LogP contribution in [0, 0.1) is 0 Å². The van der Waals surface area contributed by atoms with Crippen LogP contribution in [-0.2, 0) is 6.54 Å². The van der Waals surface area contributed by atoms with Gasteiger partial charge in [-0.25, -0.2) is 9.78 Å². The Morgan fingerprint density at radius 2 is 1.88 bits per heavy atom. The number of hydrogen-bond donors (Lipinski definition) is 1. The molecule has 0 saturated carbocycles. The first-order valence-corrected chi connectivity index (χ1v) is 8.49. The third kappa shape index (κ3) is 4.05. The van der Waals surface area contributed by atoms with E-state index in [0.717, 1.165) is 49.8 Å². The average molecular weight is 357 g/mol. The number of ether oxygens (including phenoxy) is 2. The van der Waals surface area contributed by atoms with Crippen LogP contribution in [-0.4, -0.2) is 61.4 Å². The van der Waals surface area contributed by atoms with E-state index in [-0.39, 0.29) is 5.69 Å². The van der Waals surface area contributed by atoms with E-state index < -0.39 is 5.97 Å². The summed E-state index contributed by atoms with van der Waals surface area (Å²) in [4.78, 5) is 19.8. The van der Waals surface area contributed by atoms with Crippen LogP contribution in [0.15, 0.2) is 36.4 Å². The van der Waals surface area contributed by atoms with Crippen LogP contribution >= 0.6 is 0 Å². The van der Waals surface area contributed by atoms with Crippen LogP contribution in [0.25, 0.3) is 0 Å². The number of benzene rings is 1. The Kier molecular flexibility index (Phi) is 5.58. The Balaban J connectivity index is 1.64. The summed E-state index contributed by atoms with van der Waals surface area (Å²) in [5.41, 5.74) is 1.16. The molecular formula is C19H23N3O4. The summed E-state index contributed by atoms with van der Waals surface area (Å²) in [6, 6.07) is 10.9. The monoisotopic (exact) mass is 357 g/mol. The van der Waals surface area contributed by atoms with Gasteiger partial charge in [-0.05, 0) is 30.3 Å². The lowest BCUT2D eigenvalue weighted by Gasteiger charge is -2.35. The van der Waals surface area contributed by atoms with Gasteiger partial charge in [0.05, 0.1) is 14.2 Å². The van der Waals surface area contributed by atoms with E-state index in [1.54, 1.807) is 20.3 Å². The molecule has 0 radical (unpaired) electrons. The van der Waals surface area contributed by atoms with E-state index >= 15 is 0 Å². The topological polar surface area (TPSA) is 75.1 Å². The summed E-state index contributed by atoms with van der Waals surface area (Å²) in [6.07, 6.45) is 0. The molecule has 1 aliphatic heterocycles. The number of aromatic carboxylic acids is 1. The Bertz CT molecular complexity index is 773. The lowest BCUT2D eigenvalue weighted by Crippen LogP contribution is -2.46. The summed E-state index contributed by atoms with van der Waals surface area (Å²) < 4.78 is 10.8.